The van der Waals surface area contributed by atoms with Crippen LogP contribution in [0.2, 0.25) is 0 Å². The Balaban J connectivity index is 1.44. The lowest BCUT2D eigenvalue weighted by atomic mass is 9.94. The van der Waals surface area contributed by atoms with Gasteiger partial charge in [0.25, 0.3) is 0 Å². The van der Waals surface area contributed by atoms with Gasteiger partial charge in [0.2, 0.25) is 5.91 Å². The average Bonchev–Trinajstić information content (AvgIpc) is 3.39. The molecule has 0 saturated carbocycles. The van der Waals surface area contributed by atoms with Gasteiger partial charge in [0.05, 0.1) is 19.0 Å². The monoisotopic (exact) mass is 407 g/mol. The highest BCUT2D eigenvalue weighted by atomic mass is 16.5. The predicted molar refractivity (Wildman–Crippen MR) is 101 cm³/mol. The van der Waals surface area contributed by atoms with Crippen LogP contribution in [0.25, 0.3) is 11.2 Å². The number of carbonyl (C=O) groups is 1. The quantitative estimate of drug-likeness (QED) is 0.275. The summed E-state index contributed by atoms with van der Waals surface area (Å²) in [6.07, 6.45) is -0.694. The molecule has 2 aromatic heterocycles. The molecule has 2 aliphatic heterocycles. The van der Waals surface area contributed by atoms with Crippen molar-refractivity contribution in [1.29, 1.82) is 0 Å². The van der Waals surface area contributed by atoms with E-state index in [4.69, 9.17) is 4.74 Å². The molecule has 0 aromatic carbocycles. The first kappa shape index (κ1) is 19.9. The van der Waals surface area contributed by atoms with Gasteiger partial charge in [0.1, 0.15) is 30.2 Å². The minimum atomic E-state index is -1.37. The normalized spacial score (nSPS) is 32.4. The number of aromatic nitrogens is 4. The fourth-order valence-corrected chi connectivity index (χ4v) is 3.82. The van der Waals surface area contributed by atoms with Gasteiger partial charge in [0, 0.05) is 6.42 Å². The second kappa shape index (κ2) is 8.55. The molecule has 2 saturated heterocycles. The number of nitrogens with zero attached hydrogens (tertiary/aromatic N) is 3. The van der Waals surface area contributed by atoms with Gasteiger partial charge in [0.15, 0.2) is 17.7 Å². The van der Waals surface area contributed by atoms with E-state index in [1.54, 1.807) is 0 Å². The van der Waals surface area contributed by atoms with Gasteiger partial charge >= 0.3 is 0 Å². The third-order valence-corrected chi connectivity index (χ3v) is 5.40. The molecule has 2 aliphatic rings. The van der Waals surface area contributed by atoms with E-state index in [1.807, 2.05) is 0 Å². The summed E-state index contributed by atoms with van der Waals surface area (Å²) < 4.78 is 5.74. The molecule has 0 radical (unpaired) electrons. The first-order valence-electron chi connectivity index (χ1n) is 9.60. The van der Waals surface area contributed by atoms with Crippen molar-refractivity contribution in [2.75, 3.05) is 25.0 Å². The zero-order valence-corrected chi connectivity index (χ0v) is 15.7. The van der Waals surface area contributed by atoms with Crippen LogP contribution in [0.3, 0.4) is 0 Å². The summed E-state index contributed by atoms with van der Waals surface area (Å²) in [5.74, 6) is 0.313. The van der Waals surface area contributed by atoms with Crippen molar-refractivity contribution in [1.82, 2.24) is 30.6 Å². The Kier molecular flexibility index (Phi) is 5.87. The van der Waals surface area contributed by atoms with Gasteiger partial charge in [-0.1, -0.05) is 0 Å². The van der Waals surface area contributed by atoms with E-state index in [0.717, 1.165) is 19.5 Å². The van der Waals surface area contributed by atoms with Crippen LogP contribution in [0.15, 0.2) is 12.7 Å². The third-order valence-electron chi connectivity index (χ3n) is 5.40. The summed E-state index contributed by atoms with van der Waals surface area (Å²) in [7, 11) is 0. The Hall–Kier alpha value is -2.38. The van der Waals surface area contributed by atoms with Crippen LogP contribution in [0, 0.1) is 5.92 Å². The molecule has 1 amide bonds. The Morgan fingerprint density at radius 3 is 2.90 bits per heavy atom. The number of carbonyl (C=O) groups excluding carboxylic acids is 1. The van der Waals surface area contributed by atoms with E-state index in [9.17, 15) is 20.1 Å². The van der Waals surface area contributed by atoms with Crippen LogP contribution in [0.4, 0.5) is 5.82 Å². The van der Waals surface area contributed by atoms with Crippen LogP contribution in [0.5, 0.6) is 0 Å². The summed E-state index contributed by atoms with van der Waals surface area (Å²) in [4.78, 5) is 27.4. The first-order chi connectivity index (χ1) is 14.1. The van der Waals surface area contributed by atoms with Gasteiger partial charge in [-0.15, -0.1) is 0 Å². The summed E-state index contributed by atoms with van der Waals surface area (Å²) in [6.45, 7) is 1.21. The molecule has 0 bridgehead atoms. The SMILES string of the molecule is O=C(C[C@H]1CCNC1)N[C@@H]1[C@@H](O)[C@H](O)[C@@H](Nc2ncnc3nc[nH]c23)O[C@H]1CO. The lowest BCUT2D eigenvalue weighted by Crippen LogP contribution is -2.65. The lowest BCUT2D eigenvalue weighted by Gasteiger charge is -2.42. The van der Waals surface area contributed by atoms with E-state index in [0.29, 0.717) is 23.4 Å². The first-order valence-corrected chi connectivity index (χ1v) is 9.60. The number of H-pyrrole nitrogens is 1. The number of imidazole rings is 1. The van der Waals surface area contributed by atoms with E-state index < -0.39 is 37.2 Å². The molecule has 4 rings (SSSR count). The summed E-state index contributed by atoms with van der Waals surface area (Å²) >= 11 is 0. The number of rotatable bonds is 6. The standard InChI is InChI=1S/C17H25N7O5/c25-5-9-11(23-10(26)3-8-1-2-18-4-8)13(27)14(28)17(29-9)24-16-12-15(20-6-19-12)21-7-22-16/h6-9,11,13-14,17-18,25,27-28H,1-5H2,(H,23,26)(H2,19,20,21,22,24)/t8-,9+,11+,13-,14+,17+/m1/s1. The molecule has 2 fully saturated rings. The minimum absolute atomic E-state index is 0.234. The van der Waals surface area contributed by atoms with Crippen LogP contribution in [0.1, 0.15) is 12.8 Å². The fraction of sp³-hybridized carbons (Fsp3) is 0.647. The molecule has 29 heavy (non-hydrogen) atoms. The van der Waals surface area contributed by atoms with Crippen molar-refractivity contribution in [2.24, 2.45) is 5.92 Å². The van der Waals surface area contributed by atoms with Crippen molar-refractivity contribution in [3.05, 3.63) is 12.7 Å². The molecule has 12 nitrogen and oxygen atoms in total. The molecule has 158 valence electrons. The van der Waals surface area contributed by atoms with E-state index in [-0.39, 0.29) is 11.8 Å². The summed E-state index contributed by atoms with van der Waals surface area (Å²) in [5, 5.41) is 39.7. The number of hydrogen-bond donors (Lipinski definition) is 7. The number of aliphatic hydroxyl groups excluding tert-OH is 3. The zero-order chi connectivity index (χ0) is 20.4. The molecule has 6 atom stereocenters. The highest BCUT2D eigenvalue weighted by Crippen LogP contribution is 2.25. The van der Waals surface area contributed by atoms with Crippen molar-refractivity contribution in [3.63, 3.8) is 0 Å². The molecule has 2 aromatic rings. The van der Waals surface area contributed by atoms with E-state index in [1.165, 1.54) is 12.7 Å². The smallest absolute Gasteiger partial charge is 0.220 e. The molecule has 7 N–H and O–H groups in total. The Bertz CT molecular complexity index is 840. The number of fused-ring (bicyclic) bond motifs is 1. The number of hydrogen-bond acceptors (Lipinski definition) is 10. The molecule has 12 heteroatoms. The summed E-state index contributed by atoms with van der Waals surface area (Å²) in [5.41, 5.74) is 0.942. The van der Waals surface area contributed by atoms with Crippen molar-refractivity contribution < 1.29 is 24.9 Å². The largest absolute Gasteiger partial charge is 0.394 e. The maximum absolute atomic E-state index is 12.4. The highest BCUT2D eigenvalue weighted by Gasteiger charge is 2.45. The van der Waals surface area contributed by atoms with Gasteiger partial charge in [-0.2, -0.15) is 0 Å². The van der Waals surface area contributed by atoms with Crippen LogP contribution < -0.4 is 16.0 Å². The number of amides is 1. The summed E-state index contributed by atoms with van der Waals surface area (Å²) in [6, 6.07) is -0.938. The van der Waals surface area contributed by atoms with Crippen LogP contribution in [-0.4, -0.2) is 91.4 Å². The van der Waals surface area contributed by atoms with Crippen molar-refractivity contribution in [2.45, 2.75) is 43.4 Å². The number of aromatic amines is 1. The zero-order valence-electron chi connectivity index (χ0n) is 15.7. The molecule has 0 unspecified atom stereocenters. The maximum atomic E-state index is 12.4. The predicted octanol–water partition coefficient (Wildman–Crippen LogP) is -2.31. The topological polar surface area (TPSA) is 178 Å². The van der Waals surface area contributed by atoms with Crippen molar-refractivity contribution in [3.8, 4) is 0 Å². The van der Waals surface area contributed by atoms with Crippen LogP contribution in [-0.2, 0) is 9.53 Å². The van der Waals surface area contributed by atoms with Gasteiger partial charge in [-0.05, 0) is 25.4 Å². The Labute approximate surface area is 166 Å². The maximum Gasteiger partial charge on any atom is 0.220 e. The lowest BCUT2D eigenvalue weighted by molar-refractivity contribution is -0.185. The third kappa shape index (κ3) is 4.16. The number of ether oxygens (including phenoxy) is 1. The number of nitrogens with one attached hydrogen (secondary N) is 4. The fourth-order valence-electron chi connectivity index (χ4n) is 3.82. The average molecular weight is 407 g/mol. The van der Waals surface area contributed by atoms with Gasteiger partial charge in [-0.25, -0.2) is 15.0 Å². The molecular weight excluding hydrogens is 382 g/mol. The van der Waals surface area contributed by atoms with Crippen LogP contribution >= 0.6 is 0 Å². The van der Waals surface area contributed by atoms with E-state index in [2.05, 4.69) is 35.9 Å². The van der Waals surface area contributed by atoms with Gasteiger partial charge in [-0.3, -0.25) is 4.79 Å². The highest BCUT2D eigenvalue weighted by molar-refractivity contribution is 5.82. The molecule has 4 heterocycles. The van der Waals surface area contributed by atoms with E-state index >= 15 is 0 Å². The molecular formula is C17H25N7O5. The second-order valence-electron chi connectivity index (χ2n) is 7.38. The second-order valence-corrected chi connectivity index (χ2v) is 7.38. The number of anilines is 1. The van der Waals surface area contributed by atoms with Crippen molar-refractivity contribution >= 4 is 22.9 Å². The molecule has 0 aliphatic carbocycles. The number of aliphatic hydroxyl groups is 3. The molecule has 0 spiro atoms. The van der Waals surface area contributed by atoms with Gasteiger partial charge < -0.3 is 41.0 Å². The minimum Gasteiger partial charge on any atom is -0.394 e. The Morgan fingerprint density at radius 2 is 2.14 bits per heavy atom. The Morgan fingerprint density at radius 1 is 1.28 bits per heavy atom.